The van der Waals surface area contributed by atoms with Crippen molar-refractivity contribution < 1.29 is 33.1 Å². The number of hydrogen-bond acceptors (Lipinski definition) is 7. The molecular weight excluding hydrogens is 440 g/mol. The van der Waals surface area contributed by atoms with E-state index in [-0.39, 0.29) is 23.8 Å². The number of sulfonamides is 1. The van der Waals surface area contributed by atoms with Crippen LogP contribution in [0.3, 0.4) is 0 Å². The summed E-state index contributed by atoms with van der Waals surface area (Å²) in [5, 5.41) is 23.2. The zero-order chi connectivity index (χ0) is 23.6. The fraction of sp³-hybridized carbons (Fsp3) is 0.250. The van der Waals surface area contributed by atoms with Crippen molar-refractivity contribution in [3.05, 3.63) is 60.2 Å². The fourth-order valence-corrected chi connectivity index (χ4v) is 3.75. The highest BCUT2D eigenvalue weighted by molar-refractivity contribution is 7.89. The van der Waals surface area contributed by atoms with Gasteiger partial charge in [0.1, 0.15) is 11.8 Å². The molecule has 0 aliphatic heterocycles. The minimum atomic E-state index is -4.05. The summed E-state index contributed by atoms with van der Waals surface area (Å²) < 4.78 is 32.1. The summed E-state index contributed by atoms with van der Waals surface area (Å²) in [4.78, 5) is 23.3. The second-order valence-corrected chi connectivity index (χ2v) is 8.30. The standard InChI is InChI=1S/C20H24N4O7S/c21-19(23-28)14-8-10-15(11-9-14)31-12-4-7-18(25)22-13-17(20(26)27)24-32(29,30)16-5-2-1-3-6-16/h1-3,5-6,8-11,17,24,28H,4,7,12-13H2,(H2,21,23)(H,22,25)(H,26,27)/t17-/m0/s1. The molecule has 2 aromatic carbocycles. The summed E-state index contributed by atoms with van der Waals surface area (Å²) in [6, 6.07) is 12.3. The first-order chi connectivity index (χ1) is 15.2. The number of carbonyl (C=O) groups is 2. The molecule has 32 heavy (non-hydrogen) atoms. The average Bonchev–Trinajstić information content (AvgIpc) is 2.79. The molecule has 0 aliphatic rings. The number of nitrogens with two attached hydrogens (primary N) is 1. The average molecular weight is 465 g/mol. The Hall–Kier alpha value is -3.64. The van der Waals surface area contributed by atoms with Gasteiger partial charge < -0.3 is 26.1 Å². The monoisotopic (exact) mass is 464 g/mol. The van der Waals surface area contributed by atoms with E-state index in [2.05, 4.69) is 15.2 Å². The molecule has 0 unspecified atom stereocenters. The molecule has 6 N–H and O–H groups in total. The summed E-state index contributed by atoms with van der Waals surface area (Å²) in [7, 11) is -4.05. The number of benzene rings is 2. The first kappa shape index (κ1) is 24.6. The Morgan fingerprint density at radius 1 is 1.09 bits per heavy atom. The highest BCUT2D eigenvalue weighted by Crippen LogP contribution is 2.12. The number of nitrogens with one attached hydrogen (secondary N) is 2. The number of carboxylic acid groups (broad SMARTS) is 1. The summed E-state index contributed by atoms with van der Waals surface area (Å²) in [5.74, 6) is -1.36. The molecule has 0 saturated carbocycles. The zero-order valence-corrected chi connectivity index (χ0v) is 17.8. The van der Waals surface area contributed by atoms with Crippen molar-refractivity contribution in [2.24, 2.45) is 10.9 Å². The molecule has 0 fully saturated rings. The van der Waals surface area contributed by atoms with E-state index in [9.17, 15) is 23.1 Å². The number of hydrogen-bond donors (Lipinski definition) is 5. The quantitative estimate of drug-likeness (QED) is 0.0989. The van der Waals surface area contributed by atoms with Crippen LogP contribution >= 0.6 is 0 Å². The van der Waals surface area contributed by atoms with Crippen molar-refractivity contribution in [2.75, 3.05) is 13.2 Å². The van der Waals surface area contributed by atoms with Gasteiger partial charge in [0.2, 0.25) is 15.9 Å². The number of rotatable bonds is 12. The van der Waals surface area contributed by atoms with E-state index in [1.165, 1.54) is 24.3 Å². The molecule has 0 bridgehead atoms. The number of carbonyl (C=O) groups excluding carboxylic acids is 1. The Morgan fingerprint density at radius 3 is 2.34 bits per heavy atom. The van der Waals surface area contributed by atoms with Gasteiger partial charge in [-0.1, -0.05) is 23.4 Å². The molecule has 0 radical (unpaired) electrons. The summed E-state index contributed by atoms with van der Waals surface area (Å²) in [6.07, 6.45) is 0.404. The largest absolute Gasteiger partial charge is 0.494 e. The number of amidine groups is 1. The summed E-state index contributed by atoms with van der Waals surface area (Å²) in [6.45, 7) is -0.185. The summed E-state index contributed by atoms with van der Waals surface area (Å²) >= 11 is 0. The molecule has 0 saturated heterocycles. The number of aliphatic carboxylic acids is 1. The van der Waals surface area contributed by atoms with Gasteiger partial charge in [-0.3, -0.25) is 9.59 Å². The normalized spacial score (nSPS) is 12.7. The van der Waals surface area contributed by atoms with Crippen LogP contribution < -0.4 is 20.5 Å². The summed E-state index contributed by atoms with van der Waals surface area (Å²) in [5.41, 5.74) is 5.99. The zero-order valence-electron chi connectivity index (χ0n) is 17.0. The van der Waals surface area contributed by atoms with Crippen LogP contribution in [0.1, 0.15) is 18.4 Å². The van der Waals surface area contributed by atoms with Gasteiger partial charge in [-0.25, -0.2) is 8.42 Å². The van der Waals surface area contributed by atoms with E-state index in [0.29, 0.717) is 17.7 Å². The third-order valence-corrected chi connectivity index (χ3v) is 5.71. The van der Waals surface area contributed by atoms with Gasteiger partial charge in [-0.05, 0) is 42.8 Å². The van der Waals surface area contributed by atoms with E-state index >= 15 is 0 Å². The van der Waals surface area contributed by atoms with Gasteiger partial charge in [0.25, 0.3) is 0 Å². The Kier molecular flexibility index (Phi) is 8.98. The van der Waals surface area contributed by atoms with Crippen LogP contribution in [0.4, 0.5) is 0 Å². The van der Waals surface area contributed by atoms with Crippen molar-refractivity contribution in [3.63, 3.8) is 0 Å². The van der Waals surface area contributed by atoms with E-state index in [4.69, 9.17) is 15.7 Å². The highest BCUT2D eigenvalue weighted by Gasteiger charge is 2.25. The van der Waals surface area contributed by atoms with Crippen LogP contribution in [-0.4, -0.2) is 55.6 Å². The molecule has 2 aromatic rings. The Morgan fingerprint density at radius 2 is 1.75 bits per heavy atom. The molecule has 1 amide bonds. The minimum Gasteiger partial charge on any atom is -0.494 e. The van der Waals surface area contributed by atoms with E-state index in [1.807, 2.05) is 0 Å². The van der Waals surface area contributed by atoms with Crippen LogP contribution in [0, 0.1) is 0 Å². The predicted octanol–water partition coefficient (Wildman–Crippen LogP) is 0.488. The molecule has 2 rings (SSSR count). The number of ether oxygens (including phenoxy) is 1. The second kappa shape index (κ2) is 11.7. The lowest BCUT2D eigenvalue weighted by Gasteiger charge is -2.15. The number of amides is 1. The molecule has 1 atom stereocenters. The number of carboxylic acids is 1. The van der Waals surface area contributed by atoms with Crippen molar-refractivity contribution in [2.45, 2.75) is 23.8 Å². The lowest BCUT2D eigenvalue weighted by molar-refractivity contribution is -0.138. The number of oxime groups is 1. The van der Waals surface area contributed by atoms with Crippen LogP contribution in [0.25, 0.3) is 0 Å². The maximum Gasteiger partial charge on any atom is 0.323 e. The third-order valence-electron chi connectivity index (χ3n) is 4.23. The van der Waals surface area contributed by atoms with Crippen molar-refractivity contribution in [3.8, 4) is 5.75 Å². The van der Waals surface area contributed by atoms with E-state index in [0.717, 1.165) is 0 Å². The molecular formula is C20H24N4O7S. The maximum absolute atomic E-state index is 12.3. The Balaban J connectivity index is 1.76. The van der Waals surface area contributed by atoms with E-state index < -0.39 is 34.5 Å². The third kappa shape index (κ3) is 7.56. The SMILES string of the molecule is NC(=NO)c1ccc(OCCCC(=O)NC[C@H](NS(=O)(=O)c2ccccc2)C(=O)O)cc1. The molecule has 0 aromatic heterocycles. The van der Waals surface area contributed by atoms with Gasteiger partial charge in [0.05, 0.1) is 11.5 Å². The van der Waals surface area contributed by atoms with Gasteiger partial charge >= 0.3 is 5.97 Å². The van der Waals surface area contributed by atoms with Crippen LogP contribution in [-0.2, 0) is 19.6 Å². The van der Waals surface area contributed by atoms with Crippen LogP contribution in [0.15, 0.2) is 64.6 Å². The fourth-order valence-electron chi connectivity index (χ4n) is 2.54. The minimum absolute atomic E-state index is 0.0288. The molecule has 11 nitrogen and oxygen atoms in total. The molecule has 172 valence electrons. The van der Waals surface area contributed by atoms with E-state index in [1.54, 1.807) is 30.3 Å². The molecule has 0 aliphatic carbocycles. The Bertz CT molecular complexity index is 1040. The van der Waals surface area contributed by atoms with Crippen LogP contribution in [0.2, 0.25) is 0 Å². The van der Waals surface area contributed by atoms with Crippen LogP contribution in [0.5, 0.6) is 5.75 Å². The van der Waals surface area contributed by atoms with Crippen molar-refractivity contribution in [1.82, 2.24) is 10.0 Å². The topological polar surface area (TPSA) is 180 Å². The smallest absolute Gasteiger partial charge is 0.323 e. The predicted molar refractivity (Wildman–Crippen MR) is 115 cm³/mol. The second-order valence-electron chi connectivity index (χ2n) is 6.59. The van der Waals surface area contributed by atoms with Gasteiger partial charge in [-0.15, -0.1) is 0 Å². The number of nitrogens with zero attached hydrogens (tertiary/aromatic N) is 1. The lowest BCUT2D eigenvalue weighted by Crippen LogP contribution is -2.48. The first-order valence-corrected chi connectivity index (χ1v) is 11.0. The van der Waals surface area contributed by atoms with Gasteiger partial charge in [0, 0.05) is 18.5 Å². The van der Waals surface area contributed by atoms with Crippen molar-refractivity contribution >= 4 is 27.7 Å². The first-order valence-electron chi connectivity index (χ1n) is 9.50. The van der Waals surface area contributed by atoms with Gasteiger partial charge in [0.15, 0.2) is 5.84 Å². The lowest BCUT2D eigenvalue weighted by atomic mass is 10.2. The van der Waals surface area contributed by atoms with Crippen molar-refractivity contribution in [1.29, 1.82) is 0 Å². The molecule has 0 spiro atoms. The highest BCUT2D eigenvalue weighted by atomic mass is 32.2. The maximum atomic E-state index is 12.3. The Labute approximate surface area is 184 Å². The molecule has 0 heterocycles. The van der Waals surface area contributed by atoms with Gasteiger partial charge in [-0.2, -0.15) is 4.72 Å². The molecule has 12 heteroatoms.